The Balaban J connectivity index is 2.82. The van der Waals surface area contributed by atoms with Crippen LogP contribution in [0.25, 0.3) is 0 Å². The molecule has 0 saturated heterocycles. The number of nitrogens with zero attached hydrogens (tertiary/aromatic N) is 1. The third kappa shape index (κ3) is 6.54. The average Bonchev–Trinajstić information content (AvgIpc) is 2.36. The van der Waals surface area contributed by atoms with Gasteiger partial charge in [0.2, 0.25) is 0 Å². The first-order valence-electron chi connectivity index (χ1n) is 7.76. The van der Waals surface area contributed by atoms with E-state index in [1.165, 1.54) is 6.07 Å². The summed E-state index contributed by atoms with van der Waals surface area (Å²) in [5.74, 6) is -0.937. The van der Waals surface area contributed by atoms with E-state index in [0.29, 0.717) is 5.56 Å². The highest BCUT2D eigenvalue weighted by molar-refractivity contribution is 5.88. The van der Waals surface area contributed by atoms with Crippen molar-refractivity contribution in [2.24, 2.45) is 5.73 Å². The van der Waals surface area contributed by atoms with Crippen molar-refractivity contribution in [3.63, 3.8) is 0 Å². The maximum atomic E-state index is 12.0. The molecule has 0 aliphatic carbocycles. The number of ether oxygens (including phenoxy) is 2. The Morgan fingerprint density at radius 3 is 2.08 bits per heavy atom. The largest absolute Gasteiger partial charge is 0.459 e. The molecule has 0 spiro atoms. The second-order valence-corrected chi connectivity index (χ2v) is 7.59. The van der Waals surface area contributed by atoms with Gasteiger partial charge in [-0.25, -0.2) is 9.78 Å². The fourth-order valence-corrected chi connectivity index (χ4v) is 1.82. The van der Waals surface area contributed by atoms with Gasteiger partial charge in [0.25, 0.3) is 0 Å². The lowest BCUT2D eigenvalue weighted by atomic mass is 10.1. The molecule has 134 valence electrons. The first-order chi connectivity index (χ1) is 10.8. The van der Waals surface area contributed by atoms with Gasteiger partial charge in [-0.2, -0.15) is 0 Å². The van der Waals surface area contributed by atoms with Crippen LogP contribution in [0.2, 0.25) is 0 Å². The molecule has 4 N–H and O–H groups in total. The number of pyridine rings is 1. The van der Waals surface area contributed by atoms with E-state index in [2.05, 4.69) is 4.98 Å². The molecule has 0 saturated carbocycles. The molecule has 1 atom stereocenters. The number of carbonyl (C=O) groups excluding carboxylic acids is 2. The van der Waals surface area contributed by atoms with Crippen LogP contribution < -0.4 is 11.5 Å². The van der Waals surface area contributed by atoms with Crippen molar-refractivity contribution in [3.8, 4) is 0 Å². The Labute approximate surface area is 142 Å². The number of rotatable bonds is 4. The van der Waals surface area contributed by atoms with Crippen molar-refractivity contribution in [1.82, 2.24) is 4.98 Å². The van der Waals surface area contributed by atoms with E-state index in [0.717, 1.165) is 0 Å². The van der Waals surface area contributed by atoms with Crippen LogP contribution in [0.1, 0.15) is 57.6 Å². The number of hydrogen-bond acceptors (Lipinski definition) is 7. The summed E-state index contributed by atoms with van der Waals surface area (Å²) in [6.07, 6.45) is 0.169. The monoisotopic (exact) mass is 337 g/mol. The van der Waals surface area contributed by atoms with Crippen LogP contribution in [0.5, 0.6) is 0 Å². The Morgan fingerprint density at radius 2 is 1.62 bits per heavy atom. The van der Waals surface area contributed by atoms with Crippen molar-refractivity contribution in [3.05, 3.63) is 23.4 Å². The Kier molecular flexibility index (Phi) is 5.94. The molecule has 7 heteroatoms. The van der Waals surface area contributed by atoms with Gasteiger partial charge >= 0.3 is 11.9 Å². The zero-order chi connectivity index (χ0) is 18.7. The molecular formula is C17H27N3O4. The molecule has 7 nitrogen and oxygen atoms in total. The number of nitrogen functional groups attached to an aromatic ring is 1. The third-order valence-electron chi connectivity index (χ3n) is 2.77. The zero-order valence-electron chi connectivity index (χ0n) is 15.2. The predicted molar refractivity (Wildman–Crippen MR) is 91.3 cm³/mol. The van der Waals surface area contributed by atoms with Gasteiger partial charge in [0, 0.05) is 6.42 Å². The summed E-state index contributed by atoms with van der Waals surface area (Å²) in [6, 6.07) is 2.26. The molecule has 0 amide bonds. The van der Waals surface area contributed by atoms with E-state index in [1.807, 2.05) is 0 Å². The molecule has 1 heterocycles. The average molecular weight is 337 g/mol. The fraction of sp³-hybridized carbons (Fsp3) is 0.588. The van der Waals surface area contributed by atoms with Crippen LogP contribution >= 0.6 is 0 Å². The molecule has 24 heavy (non-hydrogen) atoms. The Morgan fingerprint density at radius 1 is 1.08 bits per heavy atom. The molecule has 0 bridgehead atoms. The SMILES string of the molecule is CC(C)(C)OC(=O)c1ccc(C[C@H](N)C(=O)OC(C)(C)C)c(N)n1. The quantitative estimate of drug-likeness (QED) is 0.805. The van der Waals surface area contributed by atoms with Crippen LogP contribution in [-0.2, 0) is 20.7 Å². The standard InChI is InChI=1S/C17H27N3O4/c1-16(2,3)23-14(21)11(18)9-10-7-8-12(20-13(10)19)15(22)24-17(4,5)6/h7-8,11H,9,18H2,1-6H3,(H2,19,20)/t11-/m0/s1. The van der Waals surface area contributed by atoms with Gasteiger partial charge in [-0.05, 0) is 53.2 Å². The lowest BCUT2D eigenvalue weighted by molar-refractivity contribution is -0.156. The smallest absolute Gasteiger partial charge is 0.357 e. The Hall–Kier alpha value is -2.15. The first-order valence-corrected chi connectivity index (χ1v) is 7.76. The maximum absolute atomic E-state index is 12.0. The van der Waals surface area contributed by atoms with Crippen LogP contribution in [0.4, 0.5) is 5.82 Å². The summed E-state index contributed by atoms with van der Waals surface area (Å²) >= 11 is 0. The number of hydrogen-bond donors (Lipinski definition) is 2. The molecule has 1 aromatic rings. The molecule has 0 aliphatic rings. The summed E-state index contributed by atoms with van der Waals surface area (Å²) in [5, 5.41) is 0. The van der Waals surface area contributed by atoms with Gasteiger partial charge < -0.3 is 20.9 Å². The van der Waals surface area contributed by atoms with E-state index in [1.54, 1.807) is 47.6 Å². The first kappa shape index (κ1) is 19.9. The molecule has 0 aromatic carbocycles. The van der Waals surface area contributed by atoms with Crippen LogP contribution in [0.15, 0.2) is 12.1 Å². The van der Waals surface area contributed by atoms with Crippen molar-refractivity contribution in [1.29, 1.82) is 0 Å². The predicted octanol–water partition coefficient (Wildman–Crippen LogP) is 1.83. The third-order valence-corrected chi connectivity index (χ3v) is 2.77. The van der Waals surface area contributed by atoms with Gasteiger partial charge in [-0.15, -0.1) is 0 Å². The lowest BCUT2D eigenvalue weighted by Gasteiger charge is -2.22. The summed E-state index contributed by atoms with van der Waals surface area (Å²) in [6.45, 7) is 10.6. The van der Waals surface area contributed by atoms with Gasteiger partial charge in [0.15, 0.2) is 5.69 Å². The summed E-state index contributed by atoms with van der Waals surface area (Å²) in [5.41, 5.74) is 11.2. The molecule has 0 fully saturated rings. The van der Waals surface area contributed by atoms with E-state index in [9.17, 15) is 9.59 Å². The molecule has 0 unspecified atom stereocenters. The summed E-state index contributed by atoms with van der Waals surface area (Å²) in [7, 11) is 0. The minimum Gasteiger partial charge on any atom is -0.459 e. The lowest BCUT2D eigenvalue weighted by Crippen LogP contribution is -2.39. The minimum atomic E-state index is -0.860. The molecule has 1 aromatic heterocycles. The summed E-state index contributed by atoms with van der Waals surface area (Å²) in [4.78, 5) is 27.9. The van der Waals surface area contributed by atoms with E-state index >= 15 is 0 Å². The highest BCUT2D eigenvalue weighted by atomic mass is 16.6. The minimum absolute atomic E-state index is 0.108. The second-order valence-electron chi connectivity index (χ2n) is 7.59. The van der Waals surface area contributed by atoms with Crippen molar-refractivity contribution >= 4 is 17.8 Å². The van der Waals surface area contributed by atoms with Gasteiger partial charge in [0.05, 0.1) is 0 Å². The topological polar surface area (TPSA) is 118 Å². The van der Waals surface area contributed by atoms with E-state index < -0.39 is 29.2 Å². The normalized spacial score (nSPS) is 13.3. The summed E-state index contributed by atoms with van der Waals surface area (Å²) < 4.78 is 10.5. The molecule has 1 rings (SSSR count). The van der Waals surface area contributed by atoms with Crippen molar-refractivity contribution in [2.75, 3.05) is 5.73 Å². The number of aromatic nitrogens is 1. The highest BCUT2D eigenvalue weighted by Gasteiger charge is 2.24. The highest BCUT2D eigenvalue weighted by Crippen LogP contribution is 2.17. The van der Waals surface area contributed by atoms with Gasteiger partial charge in [0.1, 0.15) is 23.1 Å². The van der Waals surface area contributed by atoms with Gasteiger partial charge in [-0.1, -0.05) is 6.07 Å². The molecule has 0 aliphatic heterocycles. The second kappa shape index (κ2) is 7.17. The zero-order valence-corrected chi connectivity index (χ0v) is 15.2. The van der Waals surface area contributed by atoms with Gasteiger partial charge in [-0.3, -0.25) is 4.79 Å². The maximum Gasteiger partial charge on any atom is 0.357 e. The number of carbonyl (C=O) groups is 2. The van der Waals surface area contributed by atoms with Crippen molar-refractivity contribution < 1.29 is 19.1 Å². The van der Waals surface area contributed by atoms with E-state index in [-0.39, 0.29) is 17.9 Å². The number of esters is 2. The van der Waals surface area contributed by atoms with Crippen LogP contribution in [0.3, 0.4) is 0 Å². The van der Waals surface area contributed by atoms with E-state index in [4.69, 9.17) is 20.9 Å². The number of anilines is 1. The fourth-order valence-electron chi connectivity index (χ4n) is 1.82. The molecular weight excluding hydrogens is 310 g/mol. The van der Waals surface area contributed by atoms with Crippen molar-refractivity contribution in [2.45, 2.75) is 65.2 Å². The van der Waals surface area contributed by atoms with Crippen LogP contribution in [0, 0.1) is 0 Å². The van der Waals surface area contributed by atoms with Crippen LogP contribution in [-0.4, -0.2) is 34.2 Å². The number of nitrogens with two attached hydrogens (primary N) is 2. The Bertz CT molecular complexity index is 615. The molecule has 0 radical (unpaired) electrons.